The van der Waals surface area contributed by atoms with Crippen molar-refractivity contribution >= 4 is 17.7 Å². The number of carbonyl (C=O) groups excluding carboxylic acids is 1. The number of rotatable bonds is 6. The molecule has 1 aromatic rings. The van der Waals surface area contributed by atoms with Crippen molar-refractivity contribution in [3.63, 3.8) is 0 Å². The molecule has 1 aromatic carbocycles. The van der Waals surface area contributed by atoms with Gasteiger partial charge in [-0.3, -0.25) is 4.79 Å². The summed E-state index contributed by atoms with van der Waals surface area (Å²) in [5, 5.41) is 2.95. The molecule has 1 fully saturated rings. The molecule has 1 amide bonds. The van der Waals surface area contributed by atoms with E-state index in [1.165, 1.54) is 11.8 Å². The molecule has 1 aliphatic rings. The predicted molar refractivity (Wildman–Crippen MR) is 75.7 cm³/mol. The van der Waals surface area contributed by atoms with Crippen molar-refractivity contribution in [2.75, 3.05) is 32.6 Å². The van der Waals surface area contributed by atoms with E-state index < -0.39 is 0 Å². The Morgan fingerprint density at radius 1 is 1.58 bits per heavy atom. The molecule has 1 heterocycles. The topological polar surface area (TPSA) is 47.6 Å². The highest BCUT2D eigenvalue weighted by Gasteiger charge is 2.16. The molecule has 104 valence electrons. The van der Waals surface area contributed by atoms with Gasteiger partial charge in [-0.25, -0.2) is 0 Å². The molecule has 0 radical (unpaired) electrons. The van der Waals surface area contributed by atoms with Crippen LogP contribution in [0.3, 0.4) is 0 Å². The quantitative estimate of drug-likeness (QED) is 0.810. The van der Waals surface area contributed by atoms with E-state index in [1.54, 1.807) is 7.11 Å². The van der Waals surface area contributed by atoms with Crippen molar-refractivity contribution in [1.29, 1.82) is 0 Å². The molecule has 1 N–H and O–H groups in total. The third-order valence-electron chi connectivity index (χ3n) is 3.02. The molecule has 0 saturated carbocycles. The minimum Gasteiger partial charge on any atom is -0.497 e. The van der Waals surface area contributed by atoms with E-state index in [0.29, 0.717) is 11.7 Å². The third-order valence-corrected chi connectivity index (χ3v) is 4.02. The van der Waals surface area contributed by atoms with Gasteiger partial charge in [0.15, 0.2) is 0 Å². The minimum atomic E-state index is 0.0692. The van der Waals surface area contributed by atoms with Gasteiger partial charge in [-0.15, -0.1) is 11.8 Å². The van der Waals surface area contributed by atoms with Gasteiger partial charge in [0, 0.05) is 24.0 Å². The molecule has 4 nitrogen and oxygen atoms in total. The van der Waals surface area contributed by atoms with Crippen LogP contribution in [0, 0.1) is 5.92 Å². The second kappa shape index (κ2) is 7.40. The van der Waals surface area contributed by atoms with Crippen molar-refractivity contribution in [2.45, 2.75) is 11.3 Å². The Morgan fingerprint density at radius 2 is 2.47 bits per heavy atom. The van der Waals surface area contributed by atoms with Crippen LogP contribution in [0.2, 0.25) is 0 Å². The lowest BCUT2D eigenvalue weighted by Crippen LogP contribution is -2.30. The highest BCUT2D eigenvalue weighted by molar-refractivity contribution is 8.00. The van der Waals surface area contributed by atoms with Crippen LogP contribution in [0.25, 0.3) is 0 Å². The summed E-state index contributed by atoms with van der Waals surface area (Å²) >= 11 is 1.52. The fourth-order valence-corrected chi connectivity index (χ4v) is 2.67. The van der Waals surface area contributed by atoms with Gasteiger partial charge in [-0.05, 0) is 24.6 Å². The van der Waals surface area contributed by atoms with Gasteiger partial charge < -0.3 is 14.8 Å². The molecular weight excluding hydrogens is 262 g/mol. The first-order valence-electron chi connectivity index (χ1n) is 6.39. The average Bonchev–Trinajstić information content (AvgIpc) is 2.96. The van der Waals surface area contributed by atoms with Gasteiger partial charge in [-0.2, -0.15) is 0 Å². The fraction of sp³-hybridized carbons (Fsp3) is 0.500. The Balaban J connectivity index is 1.70. The van der Waals surface area contributed by atoms with Crippen molar-refractivity contribution in [3.05, 3.63) is 24.3 Å². The van der Waals surface area contributed by atoms with Crippen LogP contribution >= 0.6 is 11.8 Å². The summed E-state index contributed by atoms with van der Waals surface area (Å²) in [6.07, 6.45) is 1.04. The second-order valence-electron chi connectivity index (χ2n) is 4.50. The molecular formula is C14H19NO3S. The van der Waals surface area contributed by atoms with Crippen LogP contribution in [0.4, 0.5) is 0 Å². The standard InChI is InChI=1S/C14H19NO3S/c1-17-12-3-2-4-13(7-12)19-10-14(16)15-8-11-5-6-18-9-11/h2-4,7,11H,5-6,8-10H2,1H3,(H,15,16). The number of nitrogens with one attached hydrogen (secondary N) is 1. The summed E-state index contributed by atoms with van der Waals surface area (Å²) < 4.78 is 10.4. The van der Waals surface area contributed by atoms with E-state index in [1.807, 2.05) is 24.3 Å². The van der Waals surface area contributed by atoms with Crippen LogP contribution in [-0.4, -0.2) is 38.5 Å². The van der Waals surface area contributed by atoms with Crippen LogP contribution in [0.15, 0.2) is 29.2 Å². The van der Waals surface area contributed by atoms with Crippen molar-refractivity contribution < 1.29 is 14.3 Å². The normalized spacial score (nSPS) is 18.3. The molecule has 0 bridgehead atoms. The molecule has 0 spiro atoms. The molecule has 1 unspecified atom stereocenters. The number of carbonyl (C=O) groups is 1. The number of hydrogen-bond donors (Lipinski definition) is 1. The molecule has 1 aliphatic heterocycles. The highest BCUT2D eigenvalue weighted by atomic mass is 32.2. The SMILES string of the molecule is COc1cccc(SCC(=O)NCC2CCOC2)c1. The lowest BCUT2D eigenvalue weighted by molar-refractivity contribution is -0.118. The molecule has 2 rings (SSSR count). The van der Waals surface area contributed by atoms with Crippen molar-refractivity contribution in [1.82, 2.24) is 5.32 Å². The highest BCUT2D eigenvalue weighted by Crippen LogP contribution is 2.22. The van der Waals surface area contributed by atoms with E-state index >= 15 is 0 Å². The first-order valence-corrected chi connectivity index (χ1v) is 7.38. The number of amides is 1. The number of benzene rings is 1. The van der Waals surface area contributed by atoms with E-state index in [9.17, 15) is 4.79 Å². The largest absolute Gasteiger partial charge is 0.497 e. The molecule has 1 saturated heterocycles. The number of methoxy groups -OCH3 is 1. The van der Waals surface area contributed by atoms with Gasteiger partial charge in [0.2, 0.25) is 5.91 Å². The smallest absolute Gasteiger partial charge is 0.230 e. The Kier molecular flexibility index (Phi) is 5.54. The minimum absolute atomic E-state index is 0.0692. The molecule has 19 heavy (non-hydrogen) atoms. The second-order valence-corrected chi connectivity index (χ2v) is 5.55. The first-order chi connectivity index (χ1) is 9.28. The van der Waals surface area contributed by atoms with Crippen LogP contribution in [-0.2, 0) is 9.53 Å². The first kappa shape index (κ1) is 14.2. The maximum Gasteiger partial charge on any atom is 0.230 e. The van der Waals surface area contributed by atoms with Gasteiger partial charge in [0.1, 0.15) is 5.75 Å². The zero-order chi connectivity index (χ0) is 13.5. The zero-order valence-electron chi connectivity index (χ0n) is 11.1. The molecule has 1 atom stereocenters. The van der Waals surface area contributed by atoms with E-state index in [0.717, 1.165) is 36.8 Å². The Morgan fingerprint density at radius 3 is 3.21 bits per heavy atom. The Hall–Kier alpha value is -1.20. The van der Waals surface area contributed by atoms with Gasteiger partial charge in [0.25, 0.3) is 0 Å². The molecule has 0 aliphatic carbocycles. The summed E-state index contributed by atoms with van der Waals surface area (Å²) in [4.78, 5) is 12.8. The van der Waals surface area contributed by atoms with Crippen LogP contribution < -0.4 is 10.1 Å². The number of ether oxygens (including phenoxy) is 2. The maximum atomic E-state index is 11.7. The third kappa shape index (κ3) is 4.76. The lowest BCUT2D eigenvalue weighted by atomic mass is 10.1. The number of hydrogen-bond acceptors (Lipinski definition) is 4. The van der Waals surface area contributed by atoms with Crippen LogP contribution in [0.5, 0.6) is 5.75 Å². The molecule has 0 aromatic heterocycles. The van der Waals surface area contributed by atoms with E-state index in [4.69, 9.17) is 9.47 Å². The van der Waals surface area contributed by atoms with Gasteiger partial charge in [0.05, 0.1) is 19.5 Å². The summed E-state index contributed by atoms with van der Waals surface area (Å²) in [6.45, 7) is 2.31. The summed E-state index contributed by atoms with van der Waals surface area (Å²) in [5.74, 6) is 1.79. The summed E-state index contributed by atoms with van der Waals surface area (Å²) in [5.41, 5.74) is 0. The maximum absolute atomic E-state index is 11.7. The zero-order valence-corrected chi connectivity index (χ0v) is 11.9. The predicted octanol–water partition coefficient (Wildman–Crippen LogP) is 1.94. The Bertz CT molecular complexity index is 419. The number of thioether (sulfide) groups is 1. The van der Waals surface area contributed by atoms with Crippen molar-refractivity contribution in [3.8, 4) is 5.75 Å². The summed E-state index contributed by atoms with van der Waals surface area (Å²) in [6, 6.07) is 7.73. The van der Waals surface area contributed by atoms with Gasteiger partial charge in [-0.1, -0.05) is 6.07 Å². The Labute approximate surface area is 117 Å². The van der Waals surface area contributed by atoms with Crippen molar-refractivity contribution in [2.24, 2.45) is 5.92 Å². The average molecular weight is 281 g/mol. The van der Waals surface area contributed by atoms with E-state index in [-0.39, 0.29) is 5.91 Å². The van der Waals surface area contributed by atoms with Gasteiger partial charge >= 0.3 is 0 Å². The monoisotopic (exact) mass is 281 g/mol. The van der Waals surface area contributed by atoms with Crippen LogP contribution in [0.1, 0.15) is 6.42 Å². The summed E-state index contributed by atoms with van der Waals surface area (Å²) in [7, 11) is 1.64. The lowest BCUT2D eigenvalue weighted by Gasteiger charge is -2.09. The fourth-order valence-electron chi connectivity index (χ4n) is 1.89. The van der Waals surface area contributed by atoms with E-state index in [2.05, 4.69) is 5.32 Å². The molecule has 5 heteroatoms.